The van der Waals surface area contributed by atoms with Crippen molar-refractivity contribution in [1.29, 1.82) is 0 Å². The normalized spacial score (nSPS) is 22.3. The van der Waals surface area contributed by atoms with Gasteiger partial charge in [0.05, 0.1) is 13.6 Å². The summed E-state index contributed by atoms with van der Waals surface area (Å²) < 4.78 is 6.28. The monoisotopic (exact) mass is 445 g/mol. The van der Waals surface area contributed by atoms with Crippen molar-refractivity contribution in [1.82, 2.24) is 9.97 Å². The Morgan fingerprint density at radius 2 is 1.79 bits per heavy atom. The maximum absolute atomic E-state index is 13.4. The van der Waals surface area contributed by atoms with Gasteiger partial charge in [-0.2, -0.15) is 0 Å². The highest BCUT2D eigenvalue weighted by Gasteiger charge is 2.51. The fraction of sp³-hybridized carbons (Fsp3) is 0.280. The van der Waals surface area contributed by atoms with Crippen LogP contribution in [-0.4, -0.2) is 64.2 Å². The van der Waals surface area contributed by atoms with Crippen LogP contribution in [0.25, 0.3) is 11.1 Å². The number of benzene rings is 2. The third-order valence-corrected chi connectivity index (χ3v) is 6.50. The lowest BCUT2D eigenvalue weighted by Gasteiger charge is -2.29. The van der Waals surface area contributed by atoms with E-state index in [0.29, 0.717) is 40.9 Å². The zero-order valence-corrected chi connectivity index (χ0v) is 18.3. The number of carbonyl (C=O) groups is 2. The van der Waals surface area contributed by atoms with Crippen LogP contribution >= 0.6 is 0 Å². The first-order chi connectivity index (χ1) is 15.9. The number of likely N-dealkylation sites (N-methyl/N-ethyl adjacent to an activating group) is 1. The number of rotatable bonds is 5. The molecule has 1 aliphatic heterocycles. The molecule has 1 aromatic heterocycles. The number of likely N-dealkylation sites (tertiary alicyclic amines) is 1. The van der Waals surface area contributed by atoms with E-state index in [4.69, 9.17) is 4.74 Å². The van der Waals surface area contributed by atoms with E-state index < -0.39 is 17.7 Å². The molecule has 0 bridgehead atoms. The van der Waals surface area contributed by atoms with Gasteiger partial charge in [0.15, 0.2) is 12.6 Å². The molecule has 33 heavy (non-hydrogen) atoms. The molecule has 0 saturated carbocycles. The van der Waals surface area contributed by atoms with Gasteiger partial charge in [0.2, 0.25) is 5.60 Å². The van der Waals surface area contributed by atoms with Crippen molar-refractivity contribution in [3.8, 4) is 11.1 Å². The summed E-state index contributed by atoms with van der Waals surface area (Å²) in [6.07, 6.45) is 3.16. The molecule has 2 heterocycles. The van der Waals surface area contributed by atoms with Crippen LogP contribution in [0.5, 0.6) is 0 Å². The molecule has 0 radical (unpaired) electrons. The second kappa shape index (κ2) is 8.06. The van der Waals surface area contributed by atoms with Crippen molar-refractivity contribution in [2.45, 2.75) is 18.1 Å². The van der Waals surface area contributed by atoms with Gasteiger partial charge >= 0.3 is 5.97 Å². The number of aromatic nitrogens is 2. The molecule has 1 fully saturated rings. The van der Waals surface area contributed by atoms with E-state index in [0.717, 1.165) is 11.1 Å². The summed E-state index contributed by atoms with van der Waals surface area (Å²) in [4.78, 5) is 33.7. The van der Waals surface area contributed by atoms with Crippen LogP contribution in [0.3, 0.4) is 0 Å². The minimum Gasteiger partial charge on any atom is -0.453 e. The SMILES string of the molecule is C[N@@+]1(CC(=O)Nc2ccncn2)CCC(OC(=O)C2(O)c3ccccc3-c3ccccc32)C1. The molecule has 8 heteroatoms. The molecule has 2 atom stereocenters. The number of ether oxygens (including phenoxy) is 1. The van der Waals surface area contributed by atoms with E-state index in [1.807, 2.05) is 43.4 Å². The lowest BCUT2D eigenvalue weighted by molar-refractivity contribution is -0.890. The summed E-state index contributed by atoms with van der Waals surface area (Å²) in [6.45, 7) is 1.40. The third kappa shape index (κ3) is 3.77. The average molecular weight is 445 g/mol. The highest BCUT2D eigenvalue weighted by molar-refractivity contribution is 5.96. The standard InChI is InChI=1S/C25H24N4O4/c1-29(15-23(30)28-22-10-12-26-16-27-22)13-11-17(14-29)33-24(31)25(32)20-8-4-2-6-18(20)19-7-3-5-9-21(19)25/h2-10,12,16-17,32H,11,13-15H2,1H3/p+1/t17?,29-/m1/s1. The summed E-state index contributed by atoms with van der Waals surface area (Å²) >= 11 is 0. The summed E-state index contributed by atoms with van der Waals surface area (Å²) in [6, 6.07) is 16.4. The quantitative estimate of drug-likeness (QED) is 0.461. The van der Waals surface area contributed by atoms with Crippen molar-refractivity contribution >= 4 is 17.7 Å². The fourth-order valence-corrected chi connectivity index (χ4v) is 4.93. The number of nitrogens with zero attached hydrogens (tertiary/aromatic N) is 3. The zero-order valence-electron chi connectivity index (χ0n) is 18.3. The van der Waals surface area contributed by atoms with E-state index in [9.17, 15) is 14.7 Å². The van der Waals surface area contributed by atoms with Crippen molar-refractivity contribution in [3.63, 3.8) is 0 Å². The molecule has 1 saturated heterocycles. The van der Waals surface area contributed by atoms with E-state index in [-0.39, 0.29) is 12.5 Å². The third-order valence-electron chi connectivity index (χ3n) is 6.50. The zero-order chi connectivity index (χ0) is 23.1. The van der Waals surface area contributed by atoms with Crippen molar-refractivity contribution in [2.24, 2.45) is 0 Å². The van der Waals surface area contributed by atoms with Crippen LogP contribution in [0.4, 0.5) is 5.82 Å². The Hall–Kier alpha value is -3.62. The second-order valence-corrected chi connectivity index (χ2v) is 8.94. The number of amides is 1. The Morgan fingerprint density at radius 3 is 2.42 bits per heavy atom. The molecule has 5 rings (SSSR count). The first kappa shape index (κ1) is 21.2. The molecule has 1 unspecified atom stereocenters. The number of hydrogen-bond acceptors (Lipinski definition) is 6. The predicted octanol–water partition coefficient (Wildman–Crippen LogP) is 2.09. The Morgan fingerprint density at radius 1 is 1.12 bits per heavy atom. The van der Waals surface area contributed by atoms with Gasteiger partial charge in [-0.1, -0.05) is 48.5 Å². The molecule has 3 aromatic rings. The largest absolute Gasteiger partial charge is 0.453 e. The molecule has 2 N–H and O–H groups in total. The maximum Gasteiger partial charge on any atom is 0.348 e. The van der Waals surface area contributed by atoms with Crippen molar-refractivity contribution in [3.05, 3.63) is 78.2 Å². The van der Waals surface area contributed by atoms with Gasteiger partial charge in [0.25, 0.3) is 5.91 Å². The van der Waals surface area contributed by atoms with Gasteiger partial charge in [-0.25, -0.2) is 14.8 Å². The van der Waals surface area contributed by atoms with E-state index in [1.54, 1.807) is 24.4 Å². The number of anilines is 1. The van der Waals surface area contributed by atoms with Gasteiger partial charge in [-0.3, -0.25) is 4.79 Å². The summed E-state index contributed by atoms with van der Waals surface area (Å²) in [5, 5.41) is 14.4. The number of esters is 1. The lowest BCUT2D eigenvalue weighted by atomic mass is 9.91. The van der Waals surface area contributed by atoms with Gasteiger partial charge in [-0.05, 0) is 17.2 Å². The molecule has 2 aliphatic rings. The number of aliphatic hydroxyl groups is 1. The molecule has 0 spiro atoms. The van der Waals surface area contributed by atoms with E-state index in [2.05, 4.69) is 15.3 Å². The van der Waals surface area contributed by atoms with Crippen LogP contribution < -0.4 is 5.32 Å². The number of nitrogens with one attached hydrogen (secondary N) is 1. The van der Waals surface area contributed by atoms with Crippen LogP contribution in [0.15, 0.2) is 67.1 Å². The number of fused-ring (bicyclic) bond motifs is 3. The molecular weight excluding hydrogens is 420 g/mol. The predicted molar refractivity (Wildman–Crippen MR) is 121 cm³/mol. The summed E-state index contributed by atoms with van der Waals surface area (Å²) in [5.41, 5.74) is 0.900. The van der Waals surface area contributed by atoms with E-state index in [1.165, 1.54) is 6.33 Å². The molecular formula is C25H25N4O4+. The Balaban J connectivity index is 1.29. The highest BCUT2D eigenvalue weighted by atomic mass is 16.6. The Kier molecular flexibility index (Phi) is 5.19. The molecule has 1 aliphatic carbocycles. The first-order valence-electron chi connectivity index (χ1n) is 10.9. The number of carbonyl (C=O) groups excluding carboxylic acids is 2. The molecule has 2 aromatic carbocycles. The Bertz CT molecular complexity index is 1170. The molecule has 168 valence electrons. The Labute approximate surface area is 191 Å². The van der Waals surface area contributed by atoms with Gasteiger partial charge < -0.3 is 19.6 Å². The highest BCUT2D eigenvalue weighted by Crippen LogP contribution is 2.48. The van der Waals surface area contributed by atoms with E-state index >= 15 is 0 Å². The van der Waals surface area contributed by atoms with Gasteiger partial charge in [0.1, 0.15) is 18.7 Å². The van der Waals surface area contributed by atoms with Crippen LogP contribution in [-0.2, 0) is 19.9 Å². The summed E-state index contributed by atoms with van der Waals surface area (Å²) in [5.74, 6) is -0.395. The molecule has 8 nitrogen and oxygen atoms in total. The number of hydrogen-bond donors (Lipinski definition) is 2. The second-order valence-electron chi connectivity index (χ2n) is 8.94. The fourth-order valence-electron chi connectivity index (χ4n) is 4.93. The van der Waals surface area contributed by atoms with Gasteiger partial charge in [-0.15, -0.1) is 0 Å². The lowest BCUT2D eigenvalue weighted by Crippen LogP contribution is -2.48. The van der Waals surface area contributed by atoms with Crippen LogP contribution in [0, 0.1) is 0 Å². The van der Waals surface area contributed by atoms with Crippen LogP contribution in [0.2, 0.25) is 0 Å². The topological polar surface area (TPSA) is 101 Å². The number of quaternary nitrogens is 1. The van der Waals surface area contributed by atoms with Gasteiger partial charge in [0, 0.05) is 23.7 Å². The average Bonchev–Trinajstić information content (AvgIpc) is 3.30. The van der Waals surface area contributed by atoms with Crippen molar-refractivity contribution < 1.29 is 23.9 Å². The minimum atomic E-state index is -1.84. The molecule has 1 amide bonds. The smallest absolute Gasteiger partial charge is 0.348 e. The summed E-state index contributed by atoms with van der Waals surface area (Å²) in [7, 11) is 1.96. The first-order valence-corrected chi connectivity index (χ1v) is 10.9. The van der Waals surface area contributed by atoms with Crippen LogP contribution in [0.1, 0.15) is 17.5 Å². The van der Waals surface area contributed by atoms with Crippen molar-refractivity contribution in [2.75, 3.05) is 32.0 Å². The maximum atomic E-state index is 13.4. The minimum absolute atomic E-state index is 0.166.